The van der Waals surface area contributed by atoms with Crippen molar-refractivity contribution in [2.45, 2.75) is 18.9 Å². The molecule has 1 saturated heterocycles. The number of nitrogens with one attached hydrogen (secondary N) is 2. The van der Waals surface area contributed by atoms with Crippen LogP contribution >= 0.6 is 31.9 Å². The minimum atomic E-state index is -0.335. The lowest BCUT2D eigenvalue weighted by atomic mass is 10.1. The molecule has 1 aliphatic heterocycles. The molecule has 19 heavy (non-hydrogen) atoms. The zero-order valence-electron chi connectivity index (χ0n) is 10.6. The van der Waals surface area contributed by atoms with Gasteiger partial charge in [0.25, 0.3) is 0 Å². The Labute approximate surface area is 129 Å². The first-order valence-electron chi connectivity index (χ1n) is 6.16. The van der Waals surface area contributed by atoms with Crippen molar-refractivity contribution in [2.24, 2.45) is 0 Å². The third kappa shape index (κ3) is 3.70. The summed E-state index contributed by atoms with van der Waals surface area (Å²) in [6, 6.07) is 4.08. The molecular formula is C13H16Br2N2O2. The number of halogens is 2. The Kier molecular flexibility index (Phi) is 5.24. The van der Waals surface area contributed by atoms with Crippen LogP contribution in [0.4, 0.5) is 5.69 Å². The predicted molar refractivity (Wildman–Crippen MR) is 82.7 cm³/mol. The summed E-state index contributed by atoms with van der Waals surface area (Å²) in [7, 11) is 1.39. The number of ether oxygens (including phenoxy) is 1. The standard InChI is InChI=1S/C13H16Br2N2O2/c1-19-13(18)10-6-8(14)7-11(15)12(10)17-9-2-4-16-5-3-9/h6-7,9,16-17H,2-5H2,1H3. The highest BCUT2D eigenvalue weighted by Crippen LogP contribution is 2.32. The van der Waals surface area contributed by atoms with Gasteiger partial charge < -0.3 is 15.4 Å². The van der Waals surface area contributed by atoms with E-state index in [0.29, 0.717) is 11.6 Å². The minimum Gasteiger partial charge on any atom is -0.465 e. The highest BCUT2D eigenvalue weighted by molar-refractivity contribution is 9.11. The van der Waals surface area contributed by atoms with Gasteiger partial charge in [-0.2, -0.15) is 0 Å². The molecular weight excluding hydrogens is 376 g/mol. The highest BCUT2D eigenvalue weighted by Gasteiger charge is 2.20. The van der Waals surface area contributed by atoms with Gasteiger partial charge in [0.05, 0.1) is 18.4 Å². The summed E-state index contributed by atoms with van der Waals surface area (Å²) < 4.78 is 6.55. The summed E-state index contributed by atoms with van der Waals surface area (Å²) >= 11 is 6.90. The van der Waals surface area contributed by atoms with Gasteiger partial charge in [0, 0.05) is 15.0 Å². The van der Waals surface area contributed by atoms with Crippen LogP contribution in [0.25, 0.3) is 0 Å². The summed E-state index contributed by atoms with van der Waals surface area (Å²) in [6.07, 6.45) is 2.09. The lowest BCUT2D eigenvalue weighted by molar-refractivity contribution is 0.0601. The Morgan fingerprint density at radius 2 is 2.05 bits per heavy atom. The maximum Gasteiger partial charge on any atom is 0.340 e. The lowest BCUT2D eigenvalue weighted by Gasteiger charge is -2.26. The van der Waals surface area contributed by atoms with E-state index in [4.69, 9.17) is 4.74 Å². The topological polar surface area (TPSA) is 50.4 Å². The van der Waals surface area contributed by atoms with E-state index in [1.54, 1.807) is 6.07 Å². The number of methoxy groups -OCH3 is 1. The van der Waals surface area contributed by atoms with E-state index >= 15 is 0 Å². The summed E-state index contributed by atoms with van der Waals surface area (Å²) in [5.41, 5.74) is 1.35. The second kappa shape index (κ2) is 6.72. The lowest BCUT2D eigenvalue weighted by Crippen LogP contribution is -2.35. The van der Waals surface area contributed by atoms with Crippen molar-refractivity contribution in [2.75, 3.05) is 25.5 Å². The largest absolute Gasteiger partial charge is 0.465 e. The number of anilines is 1. The van der Waals surface area contributed by atoms with Crippen molar-refractivity contribution in [3.8, 4) is 0 Å². The zero-order valence-corrected chi connectivity index (χ0v) is 13.8. The Morgan fingerprint density at radius 1 is 1.37 bits per heavy atom. The molecule has 6 heteroatoms. The number of esters is 1. The molecule has 0 radical (unpaired) electrons. The minimum absolute atomic E-state index is 0.335. The summed E-state index contributed by atoms with van der Waals surface area (Å²) in [5, 5.41) is 6.77. The van der Waals surface area contributed by atoms with E-state index in [1.165, 1.54) is 7.11 Å². The first kappa shape index (κ1) is 14.8. The SMILES string of the molecule is COC(=O)c1cc(Br)cc(Br)c1NC1CCNCC1. The zero-order chi connectivity index (χ0) is 13.8. The number of benzene rings is 1. The van der Waals surface area contributed by atoms with E-state index < -0.39 is 0 Å². The van der Waals surface area contributed by atoms with Crippen LogP contribution in [0.5, 0.6) is 0 Å². The molecule has 0 spiro atoms. The van der Waals surface area contributed by atoms with E-state index in [0.717, 1.165) is 40.6 Å². The van der Waals surface area contributed by atoms with E-state index in [9.17, 15) is 4.79 Å². The van der Waals surface area contributed by atoms with E-state index in [1.807, 2.05) is 6.07 Å². The van der Waals surface area contributed by atoms with Crippen LogP contribution in [0, 0.1) is 0 Å². The van der Waals surface area contributed by atoms with Crippen LogP contribution in [-0.4, -0.2) is 32.2 Å². The van der Waals surface area contributed by atoms with Gasteiger partial charge in [0.2, 0.25) is 0 Å². The molecule has 0 aromatic heterocycles. The van der Waals surface area contributed by atoms with Crippen molar-refractivity contribution in [3.05, 3.63) is 26.6 Å². The van der Waals surface area contributed by atoms with Crippen molar-refractivity contribution in [1.82, 2.24) is 5.32 Å². The molecule has 0 amide bonds. The van der Waals surface area contributed by atoms with Gasteiger partial charge in [0.15, 0.2) is 0 Å². The van der Waals surface area contributed by atoms with Crippen LogP contribution in [0.1, 0.15) is 23.2 Å². The van der Waals surface area contributed by atoms with Crippen molar-refractivity contribution < 1.29 is 9.53 Å². The molecule has 1 heterocycles. The van der Waals surface area contributed by atoms with Crippen LogP contribution in [0.3, 0.4) is 0 Å². The number of carbonyl (C=O) groups excluding carboxylic acids is 1. The monoisotopic (exact) mass is 390 g/mol. The van der Waals surface area contributed by atoms with Crippen LogP contribution in [0.15, 0.2) is 21.1 Å². The predicted octanol–water partition coefficient (Wildman–Crippen LogP) is 3.16. The molecule has 1 aromatic rings. The molecule has 0 unspecified atom stereocenters. The average Bonchev–Trinajstić information content (AvgIpc) is 2.42. The first-order valence-corrected chi connectivity index (χ1v) is 7.75. The van der Waals surface area contributed by atoms with E-state index in [2.05, 4.69) is 42.5 Å². The summed E-state index contributed by atoms with van der Waals surface area (Å²) in [5.74, 6) is -0.335. The third-order valence-corrected chi connectivity index (χ3v) is 4.23. The van der Waals surface area contributed by atoms with Crippen molar-refractivity contribution in [3.63, 3.8) is 0 Å². The van der Waals surface area contributed by atoms with Crippen LogP contribution in [0.2, 0.25) is 0 Å². The fourth-order valence-electron chi connectivity index (χ4n) is 2.16. The molecule has 4 nitrogen and oxygen atoms in total. The van der Waals surface area contributed by atoms with Crippen molar-refractivity contribution >= 4 is 43.5 Å². The molecule has 0 saturated carbocycles. The second-order valence-electron chi connectivity index (χ2n) is 4.47. The molecule has 1 aromatic carbocycles. The maximum atomic E-state index is 11.9. The first-order chi connectivity index (χ1) is 9.11. The smallest absolute Gasteiger partial charge is 0.340 e. The Morgan fingerprint density at radius 3 is 2.68 bits per heavy atom. The fourth-order valence-corrected chi connectivity index (χ4v) is 3.50. The molecule has 0 bridgehead atoms. The number of piperidine rings is 1. The molecule has 2 N–H and O–H groups in total. The van der Waals surface area contributed by atoms with Gasteiger partial charge >= 0.3 is 5.97 Å². The second-order valence-corrected chi connectivity index (χ2v) is 6.24. The summed E-state index contributed by atoms with van der Waals surface area (Å²) in [6.45, 7) is 2.00. The normalized spacial score (nSPS) is 16.2. The average molecular weight is 392 g/mol. The highest BCUT2D eigenvalue weighted by atomic mass is 79.9. The van der Waals surface area contributed by atoms with Gasteiger partial charge in [-0.25, -0.2) is 4.79 Å². The number of rotatable bonds is 3. The molecule has 0 aliphatic carbocycles. The Hall–Kier alpha value is -0.590. The van der Waals surface area contributed by atoms with Gasteiger partial charge in [-0.05, 0) is 54.0 Å². The van der Waals surface area contributed by atoms with Gasteiger partial charge in [0.1, 0.15) is 0 Å². The molecule has 2 rings (SSSR count). The Bertz CT molecular complexity index is 474. The third-order valence-electron chi connectivity index (χ3n) is 3.15. The quantitative estimate of drug-likeness (QED) is 0.777. The van der Waals surface area contributed by atoms with E-state index in [-0.39, 0.29) is 5.97 Å². The molecule has 0 atom stereocenters. The number of carbonyl (C=O) groups is 1. The van der Waals surface area contributed by atoms with Crippen LogP contribution in [-0.2, 0) is 4.74 Å². The van der Waals surface area contributed by atoms with Crippen LogP contribution < -0.4 is 10.6 Å². The number of hydrogen-bond acceptors (Lipinski definition) is 4. The fraction of sp³-hybridized carbons (Fsp3) is 0.462. The van der Waals surface area contributed by atoms with Gasteiger partial charge in [-0.3, -0.25) is 0 Å². The number of hydrogen-bond donors (Lipinski definition) is 2. The molecule has 104 valence electrons. The maximum absolute atomic E-state index is 11.9. The molecule has 1 aliphatic rings. The van der Waals surface area contributed by atoms with Crippen molar-refractivity contribution in [1.29, 1.82) is 0 Å². The van der Waals surface area contributed by atoms with Gasteiger partial charge in [-0.15, -0.1) is 0 Å². The Balaban J connectivity index is 2.28. The molecule has 1 fully saturated rings. The summed E-state index contributed by atoms with van der Waals surface area (Å²) in [4.78, 5) is 11.9. The van der Waals surface area contributed by atoms with Gasteiger partial charge in [-0.1, -0.05) is 15.9 Å².